The molecule has 1 unspecified atom stereocenters. The van der Waals surface area contributed by atoms with E-state index in [-0.39, 0.29) is 6.42 Å². The van der Waals surface area contributed by atoms with Crippen LogP contribution < -0.4 is 0 Å². The predicted molar refractivity (Wildman–Crippen MR) is 78.1 cm³/mol. The largest absolute Gasteiger partial charge is 0.452 e. The molecule has 10 nitrogen and oxygen atoms in total. The monoisotopic (exact) mass is 360 g/mol. The van der Waals surface area contributed by atoms with Crippen LogP contribution in [0.3, 0.4) is 0 Å². The van der Waals surface area contributed by atoms with Gasteiger partial charge in [0.25, 0.3) is 5.60 Å². The maximum atomic E-state index is 12.3. The molecule has 1 fully saturated rings. The van der Waals surface area contributed by atoms with Crippen LogP contribution in [0.5, 0.6) is 0 Å². The summed E-state index contributed by atoms with van der Waals surface area (Å²) < 4.78 is 4.57. The van der Waals surface area contributed by atoms with Gasteiger partial charge in [-0.05, 0) is 27.2 Å². The zero-order chi connectivity index (χ0) is 20.0. The van der Waals surface area contributed by atoms with E-state index in [1.807, 2.05) is 0 Å². The molecule has 0 saturated carbocycles. The van der Waals surface area contributed by atoms with Gasteiger partial charge < -0.3 is 25.2 Å². The number of cyclic esters (lactones) is 1. The average Bonchev–Trinajstić information content (AvgIpc) is 2.75. The predicted octanol–water partition coefficient (Wildman–Crippen LogP) is -2.79. The van der Waals surface area contributed by atoms with Crippen molar-refractivity contribution in [1.29, 1.82) is 0 Å². The van der Waals surface area contributed by atoms with E-state index in [1.54, 1.807) is 0 Å². The van der Waals surface area contributed by atoms with Crippen LogP contribution in [0.1, 0.15) is 34.1 Å². The highest BCUT2D eigenvalue weighted by atomic mass is 16.6. The van der Waals surface area contributed by atoms with Crippen molar-refractivity contribution in [3.05, 3.63) is 0 Å². The number of hydrogen-bond donors (Lipinski definition) is 4. The lowest BCUT2D eigenvalue weighted by Crippen LogP contribution is -2.73. The zero-order valence-corrected chi connectivity index (χ0v) is 14.1. The highest BCUT2D eigenvalue weighted by Gasteiger charge is 2.78. The fourth-order valence-corrected chi connectivity index (χ4v) is 2.79. The van der Waals surface area contributed by atoms with Crippen molar-refractivity contribution in [3.8, 4) is 0 Å². The van der Waals surface area contributed by atoms with Gasteiger partial charge in [0, 0.05) is 0 Å². The van der Waals surface area contributed by atoms with Crippen molar-refractivity contribution in [1.82, 2.24) is 0 Å². The third-order valence-electron chi connectivity index (χ3n) is 4.48. The molecule has 25 heavy (non-hydrogen) atoms. The first-order valence-electron chi connectivity index (χ1n) is 7.37. The van der Waals surface area contributed by atoms with Gasteiger partial charge in [-0.2, -0.15) is 0 Å². The number of hydrogen-bond acceptors (Lipinski definition) is 10. The number of carbonyl (C=O) groups excluding carboxylic acids is 5. The van der Waals surface area contributed by atoms with E-state index < -0.39 is 58.1 Å². The highest BCUT2D eigenvalue weighted by Crippen LogP contribution is 2.43. The van der Waals surface area contributed by atoms with E-state index in [4.69, 9.17) is 0 Å². The van der Waals surface area contributed by atoms with E-state index in [2.05, 4.69) is 4.74 Å². The molecule has 0 amide bonds. The number of esters is 1. The Hall–Kier alpha value is -2.01. The van der Waals surface area contributed by atoms with Crippen LogP contribution in [0, 0.1) is 0 Å². The third kappa shape index (κ3) is 2.53. The summed E-state index contributed by atoms with van der Waals surface area (Å²) in [6.07, 6.45) is -4.76. The molecule has 0 radical (unpaired) electrons. The Morgan fingerprint density at radius 2 is 1.64 bits per heavy atom. The van der Waals surface area contributed by atoms with E-state index in [9.17, 15) is 44.4 Å². The SMILES string of the molecule is CCC(O)C(=O)[C@](O)(C(C)=O)[C@@H]1OC(=O)[C@@](O)(C(C)=O)[C@]1(O)C(C)=O. The topological polar surface area (TPSA) is 176 Å². The minimum Gasteiger partial charge on any atom is -0.452 e. The fourth-order valence-electron chi connectivity index (χ4n) is 2.79. The minimum absolute atomic E-state index is 0.245. The number of ether oxygens (including phenoxy) is 1. The Kier molecular flexibility index (Phi) is 5.36. The number of Topliss-reactive ketones (excluding diaryl/α,β-unsaturated/α-hetero) is 4. The summed E-state index contributed by atoms with van der Waals surface area (Å²) in [6.45, 7) is 3.38. The Balaban J connectivity index is 3.75. The Morgan fingerprint density at radius 3 is 1.96 bits per heavy atom. The van der Waals surface area contributed by atoms with Gasteiger partial charge in [0.05, 0.1) is 0 Å². The highest BCUT2D eigenvalue weighted by molar-refractivity contribution is 6.18. The molecule has 1 rings (SSSR count). The van der Waals surface area contributed by atoms with E-state index in [0.717, 1.165) is 0 Å². The van der Waals surface area contributed by atoms with E-state index in [1.165, 1.54) is 6.92 Å². The summed E-state index contributed by atoms with van der Waals surface area (Å²) in [5.74, 6) is -7.52. The van der Waals surface area contributed by atoms with Crippen molar-refractivity contribution in [2.45, 2.75) is 63.1 Å². The van der Waals surface area contributed by atoms with Gasteiger partial charge in [0.15, 0.2) is 23.5 Å². The Bertz CT molecular complexity index is 655. The van der Waals surface area contributed by atoms with Crippen LogP contribution >= 0.6 is 0 Å². The Labute approximate surface area is 142 Å². The summed E-state index contributed by atoms with van der Waals surface area (Å²) in [6, 6.07) is 0. The molecule has 10 heteroatoms. The molecule has 1 saturated heterocycles. The standard InChI is InChI=1S/C15H20O10/c1-5-9(19)10(20)13(22,6(2)16)11-14(23,7(3)17)15(24,8(4)18)12(21)25-11/h9,11,19,22-24H,5H2,1-4H3/t9?,11-,13+,14-,15-/m0/s1. The zero-order valence-electron chi connectivity index (χ0n) is 14.1. The van der Waals surface area contributed by atoms with Crippen molar-refractivity contribution in [2.75, 3.05) is 0 Å². The lowest BCUT2D eigenvalue weighted by Gasteiger charge is -2.39. The number of aliphatic hydroxyl groups excluding tert-OH is 1. The number of ketones is 4. The van der Waals surface area contributed by atoms with Crippen LogP contribution in [0.4, 0.5) is 0 Å². The first-order valence-corrected chi connectivity index (χ1v) is 7.37. The summed E-state index contributed by atoms with van der Waals surface area (Å²) >= 11 is 0. The molecule has 0 spiro atoms. The second-order valence-corrected chi connectivity index (χ2v) is 5.99. The quantitative estimate of drug-likeness (QED) is 0.274. The smallest absolute Gasteiger partial charge is 0.350 e. The second-order valence-electron chi connectivity index (χ2n) is 5.99. The van der Waals surface area contributed by atoms with Crippen LogP contribution in [0.2, 0.25) is 0 Å². The summed E-state index contributed by atoms with van der Waals surface area (Å²) in [7, 11) is 0. The van der Waals surface area contributed by atoms with Gasteiger partial charge in [-0.15, -0.1) is 0 Å². The molecule has 5 atom stereocenters. The Morgan fingerprint density at radius 1 is 1.16 bits per heavy atom. The van der Waals surface area contributed by atoms with Gasteiger partial charge in [-0.25, -0.2) is 4.79 Å². The van der Waals surface area contributed by atoms with E-state index in [0.29, 0.717) is 20.8 Å². The van der Waals surface area contributed by atoms with Crippen molar-refractivity contribution >= 4 is 29.1 Å². The fraction of sp³-hybridized carbons (Fsp3) is 0.667. The molecule has 0 aromatic heterocycles. The van der Waals surface area contributed by atoms with Crippen LogP contribution in [0.25, 0.3) is 0 Å². The van der Waals surface area contributed by atoms with Crippen LogP contribution in [0.15, 0.2) is 0 Å². The van der Waals surface area contributed by atoms with Gasteiger partial charge in [-0.1, -0.05) is 6.92 Å². The van der Waals surface area contributed by atoms with Crippen molar-refractivity contribution in [2.24, 2.45) is 0 Å². The lowest BCUT2D eigenvalue weighted by molar-refractivity contribution is -0.197. The number of aliphatic hydroxyl groups is 4. The molecule has 1 aliphatic rings. The molecule has 1 heterocycles. The van der Waals surface area contributed by atoms with Gasteiger partial charge >= 0.3 is 5.97 Å². The first-order chi connectivity index (χ1) is 11.2. The normalized spacial score (nSPS) is 32.5. The maximum Gasteiger partial charge on any atom is 0.350 e. The molecule has 140 valence electrons. The molecular weight excluding hydrogens is 340 g/mol. The molecule has 0 bridgehead atoms. The molecule has 0 aliphatic carbocycles. The number of carbonyl (C=O) groups is 5. The molecule has 4 N–H and O–H groups in total. The average molecular weight is 360 g/mol. The summed E-state index contributed by atoms with van der Waals surface area (Å²) in [5.41, 5.74) is -10.2. The number of rotatable bonds is 7. The lowest BCUT2D eigenvalue weighted by atomic mass is 9.68. The molecule has 0 aromatic rings. The molecular formula is C15H20O10. The van der Waals surface area contributed by atoms with Crippen molar-refractivity contribution < 1.29 is 49.1 Å². The molecule has 1 aliphatic heterocycles. The molecule has 0 aromatic carbocycles. The summed E-state index contributed by atoms with van der Waals surface area (Å²) in [5, 5.41) is 41.3. The third-order valence-corrected chi connectivity index (χ3v) is 4.48. The second kappa shape index (κ2) is 6.37. The minimum atomic E-state index is -3.43. The van der Waals surface area contributed by atoms with Crippen LogP contribution in [-0.2, 0) is 28.7 Å². The van der Waals surface area contributed by atoms with Gasteiger partial charge in [0.2, 0.25) is 17.0 Å². The maximum absolute atomic E-state index is 12.3. The van der Waals surface area contributed by atoms with Gasteiger partial charge in [0.1, 0.15) is 6.10 Å². The first kappa shape index (κ1) is 21.0. The van der Waals surface area contributed by atoms with E-state index >= 15 is 0 Å². The van der Waals surface area contributed by atoms with Crippen LogP contribution in [-0.4, -0.2) is 78.5 Å². The van der Waals surface area contributed by atoms with Gasteiger partial charge in [-0.3, -0.25) is 19.2 Å². The summed E-state index contributed by atoms with van der Waals surface area (Å²) in [4.78, 5) is 60.0. The van der Waals surface area contributed by atoms with Crippen molar-refractivity contribution in [3.63, 3.8) is 0 Å².